The molecule has 0 aliphatic heterocycles. The Morgan fingerprint density at radius 3 is 2.47 bits per heavy atom. The largest absolute Gasteiger partial charge is 0.293 e. The third kappa shape index (κ3) is 1.55. The minimum Gasteiger partial charge on any atom is -0.293 e. The molecule has 2 aliphatic carbocycles. The maximum atomic E-state index is 12.2. The monoisotopic (exact) mass is 220 g/mol. The second kappa shape index (κ2) is 3.44. The van der Waals surface area contributed by atoms with Gasteiger partial charge in [-0.1, -0.05) is 12.8 Å². The zero-order valence-electron chi connectivity index (χ0n) is 9.03. The van der Waals surface area contributed by atoms with E-state index in [1.54, 1.807) is 11.3 Å². The van der Waals surface area contributed by atoms with Gasteiger partial charge in [0, 0.05) is 10.8 Å². The summed E-state index contributed by atoms with van der Waals surface area (Å²) in [7, 11) is 0. The molecule has 80 valence electrons. The fourth-order valence-electron chi connectivity index (χ4n) is 3.11. The summed E-state index contributed by atoms with van der Waals surface area (Å²) in [5, 5.41) is 0. The maximum absolute atomic E-state index is 12.2. The lowest BCUT2D eigenvalue weighted by Gasteiger charge is -2.04. The third-order valence-electron chi connectivity index (χ3n) is 3.94. The van der Waals surface area contributed by atoms with Crippen molar-refractivity contribution in [3.63, 3.8) is 0 Å². The Labute approximate surface area is 94.5 Å². The van der Waals surface area contributed by atoms with E-state index in [1.165, 1.54) is 30.6 Å². The molecule has 1 heterocycles. The summed E-state index contributed by atoms with van der Waals surface area (Å²) >= 11 is 1.66. The van der Waals surface area contributed by atoms with Gasteiger partial charge in [-0.15, -0.1) is 11.3 Å². The van der Waals surface area contributed by atoms with Gasteiger partial charge >= 0.3 is 0 Å². The highest BCUT2D eigenvalue weighted by molar-refractivity contribution is 7.14. The van der Waals surface area contributed by atoms with Crippen LogP contribution in [0.25, 0.3) is 0 Å². The maximum Gasteiger partial charge on any atom is 0.176 e. The van der Waals surface area contributed by atoms with Crippen LogP contribution in [0.5, 0.6) is 0 Å². The average molecular weight is 220 g/mol. The summed E-state index contributed by atoms with van der Waals surface area (Å²) in [4.78, 5) is 14.4. The van der Waals surface area contributed by atoms with E-state index in [0.29, 0.717) is 11.7 Å². The Hall–Kier alpha value is -0.630. The van der Waals surface area contributed by atoms with E-state index in [1.807, 2.05) is 6.07 Å². The fraction of sp³-hybridized carbons (Fsp3) is 0.615. The molecule has 1 nitrogen and oxygen atoms in total. The third-order valence-corrected chi connectivity index (χ3v) is 4.96. The molecule has 1 aromatic heterocycles. The van der Waals surface area contributed by atoms with Crippen LogP contribution in [-0.2, 0) is 0 Å². The molecule has 0 saturated heterocycles. The van der Waals surface area contributed by atoms with Crippen LogP contribution in [0.4, 0.5) is 0 Å². The number of thiophene rings is 1. The predicted molar refractivity (Wildman–Crippen MR) is 62.3 cm³/mol. The first-order valence-corrected chi connectivity index (χ1v) is 6.69. The quantitative estimate of drug-likeness (QED) is 0.695. The Morgan fingerprint density at radius 2 is 1.93 bits per heavy atom. The molecule has 3 rings (SSSR count). The van der Waals surface area contributed by atoms with Crippen LogP contribution in [0.2, 0.25) is 0 Å². The predicted octanol–water partition coefficient (Wildman–Crippen LogP) is 3.68. The van der Waals surface area contributed by atoms with Crippen molar-refractivity contribution in [1.82, 2.24) is 0 Å². The number of carbonyl (C=O) groups is 1. The molecular weight excluding hydrogens is 204 g/mol. The number of aryl methyl sites for hydroxylation is 1. The van der Waals surface area contributed by atoms with Crippen LogP contribution in [0.3, 0.4) is 0 Å². The molecule has 2 heteroatoms. The van der Waals surface area contributed by atoms with Crippen molar-refractivity contribution in [3.8, 4) is 0 Å². The molecule has 2 fully saturated rings. The molecule has 0 aromatic carbocycles. The number of hydrogen-bond acceptors (Lipinski definition) is 2. The molecule has 0 bridgehead atoms. The smallest absolute Gasteiger partial charge is 0.176 e. The Kier molecular flexibility index (Phi) is 2.20. The van der Waals surface area contributed by atoms with Gasteiger partial charge in [-0.3, -0.25) is 4.79 Å². The molecule has 0 radical (unpaired) electrons. The van der Waals surface area contributed by atoms with Crippen LogP contribution in [-0.4, -0.2) is 5.78 Å². The van der Waals surface area contributed by atoms with Crippen LogP contribution < -0.4 is 0 Å². The van der Waals surface area contributed by atoms with E-state index in [-0.39, 0.29) is 0 Å². The van der Waals surface area contributed by atoms with E-state index < -0.39 is 0 Å². The van der Waals surface area contributed by atoms with Crippen LogP contribution >= 0.6 is 11.3 Å². The molecule has 15 heavy (non-hydrogen) atoms. The molecule has 2 saturated carbocycles. The first-order valence-electron chi connectivity index (χ1n) is 5.88. The summed E-state index contributed by atoms with van der Waals surface area (Å²) in [5.41, 5.74) is 0. The number of carbonyl (C=O) groups excluding carboxylic acids is 1. The first-order chi connectivity index (χ1) is 7.27. The van der Waals surface area contributed by atoms with Crippen molar-refractivity contribution in [1.29, 1.82) is 0 Å². The Balaban J connectivity index is 1.76. The molecule has 0 N–H and O–H groups in total. The molecule has 1 aromatic rings. The standard InChI is InChI=1S/C13H16OS/c1-8-6-7-11(15-8)13(14)12-9-4-2-3-5-10(9)12/h6-7,9-10,12H,2-5H2,1H3. The summed E-state index contributed by atoms with van der Waals surface area (Å²) in [6.07, 6.45) is 5.28. The normalized spacial score (nSPS) is 33.5. The number of Topliss-reactive ketones (excluding diaryl/α,β-unsaturated/α-hetero) is 1. The highest BCUT2D eigenvalue weighted by Crippen LogP contribution is 2.56. The van der Waals surface area contributed by atoms with Crippen molar-refractivity contribution in [2.45, 2.75) is 32.6 Å². The van der Waals surface area contributed by atoms with Gasteiger partial charge in [-0.05, 0) is 43.7 Å². The second-order valence-electron chi connectivity index (χ2n) is 4.91. The van der Waals surface area contributed by atoms with E-state index in [0.717, 1.165) is 16.7 Å². The summed E-state index contributed by atoms with van der Waals surface area (Å²) in [5.74, 6) is 2.32. The minimum absolute atomic E-state index is 0.394. The molecule has 2 unspecified atom stereocenters. The van der Waals surface area contributed by atoms with Gasteiger partial charge in [0.15, 0.2) is 5.78 Å². The Morgan fingerprint density at radius 1 is 1.27 bits per heavy atom. The van der Waals surface area contributed by atoms with Crippen LogP contribution in [0.15, 0.2) is 12.1 Å². The van der Waals surface area contributed by atoms with Crippen molar-refractivity contribution < 1.29 is 4.79 Å². The van der Waals surface area contributed by atoms with Crippen LogP contribution in [0.1, 0.15) is 40.2 Å². The van der Waals surface area contributed by atoms with Gasteiger partial charge in [0.1, 0.15) is 0 Å². The molecular formula is C13H16OS. The number of hydrogen-bond donors (Lipinski definition) is 0. The summed E-state index contributed by atoms with van der Waals surface area (Å²) in [6, 6.07) is 4.07. The topological polar surface area (TPSA) is 17.1 Å². The van der Waals surface area contributed by atoms with Crippen molar-refractivity contribution >= 4 is 17.1 Å². The van der Waals surface area contributed by atoms with E-state index in [9.17, 15) is 4.79 Å². The van der Waals surface area contributed by atoms with Crippen molar-refractivity contribution in [2.75, 3.05) is 0 Å². The SMILES string of the molecule is Cc1ccc(C(=O)C2C3CCCCC32)s1. The van der Waals surface area contributed by atoms with E-state index >= 15 is 0 Å². The molecule has 2 aliphatic rings. The number of ketones is 1. The fourth-order valence-corrected chi connectivity index (χ4v) is 3.97. The first kappa shape index (κ1) is 9.59. The zero-order chi connectivity index (χ0) is 10.4. The molecule has 0 amide bonds. The van der Waals surface area contributed by atoms with Gasteiger partial charge in [-0.25, -0.2) is 0 Å². The van der Waals surface area contributed by atoms with Gasteiger partial charge in [-0.2, -0.15) is 0 Å². The average Bonchev–Trinajstić information content (AvgIpc) is 2.82. The summed E-state index contributed by atoms with van der Waals surface area (Å²) in [6.45, 7) is 2.07. The van der Waals surface area contributed by atoms with Gasteiger partial charge in [0.25, 0.3) is 0 Å². The highest BCUT2D eigenvalue weighted by atomic mass is 32.1. The van der Waals surface area contributed by atoms with Crippen LogP contribution in [0, 0.1) is 24.7 Å². The second-order valence-corrected chi connectivity index (χ2v) is 6.20. The zero-order valence-corrected chi connectivity index (χ0v) is 9.85. The van der Waals surface area contributed by atoms with E-state index in [4.69, 9.17) is 0 Å². The van der Waals surface area contributed by atoms with Gasteiger partial charge in [0.2, 0.25) is 0 Å². The van der Waals surface area contributed by atoms with Crippen molar-refractivity contribution in [2.24, 2.45) is 17.8 Å². The van der Waals surface area contributed by atoms with Gasteiger partial charge in [0.05, 0.1) is 4.88 Å². The Bertz CT molecular complexity index is 381. The van der Waals surface area contributed by atoms with Crippen molar-refractivity contribution in [3.05, 3.63) is 21.9 Å². The lowest BCUT2D eigenvalue weighted by molar-refractivity contribution is 0.0960. The number of rotatable bonds is 2. The number of fused-ring (bicyclic) bond motifs is 1. The molecule has 0 spiro atoms. The lowest BCUT2D eigenvalue weighted by Crippen LogP contribution is -2.01. The summed E-state index contributed by atoms with van der Waals surface area (Å²) < 4.78 is 0. The highest BCUT2D eigenvalue weighted by Gasteiger charge is 2.54. The van der Waals surface area contributed by atoms with E-state index in [2.05, 4.69) is 13.0 Å². The minimum atomic E-state index is 0.394. The lowest BCUT2D eigenvalue weighted by atomic mass is 10.0. The van der Waals surface area contributed by atoms with Gasteiger partial charge < -0.3 is 0 Å². The molecule has 2 atom stereocenters.